The Morgan fingerprint density at radius 3 is 2.46 bits per heavy atom. The van der Waals surface area contributed by atoms with Gasteiger partial charge in [0.05, 0.1) is 17.2 Å². The van der Waals surface area contributed by atoms with Crippen molar-refractivity contribution in [2.45, 2.75) is 40.2 Å². The Morgan fingerprint density at radius 1 is 1.19 bits per heavy atom. The predicted octanol–water partition coefficient (Wildman–Crippen LogP) is 2.77. The fourth-order valence-corrected chi connectivity index (χ4v) is 4.01. The molecule has 0 unspecified atom stereocenters. The van der Waals surface area contributed by atoms with E-state index in [0.717, 1.165) is 16.8 Å². The molecule has 3 rings (SSSR count). The predicted molar refractivity (Wildman–Crippen MR) is 98.3 cm³/mol. The lowest BCUT2D eigenvalue weighted by molar-refractivity contribution is -0.141. The minimum Gasteiger partial charge on any atom is -0.481 e. The number of hydrogen-bond donors (Lipinski definition) is 1. The number of carboxylic acid groups (broad SMARTS) is 1. The van der Waals surface area contributed by atoms with Gasteiger partial charge < -0.3 is 10.0 Å². The normalized spacial score (nSPS) is 19.8. The Bertz CT molecular complexity index is 856. The minimum atomic E-state index is -0.855. The first-order valence-electron chi connectivity index (χ1n) is 8.96. The number of likely N-dealkylation sites (tertiary alicyclic amines) is 1. The number of nitrogens with zero attached hydrogens (tertiary/aromatic N) is 3. The van der Waals surface area contributed by atoms with E-state index in [-0.39, 0.29) is 18.4 Å². The number of benzene rings is 1. The van der Waals surface area contributed by atoms with Crippen LogP contribution in [0.15, 0.2) is 24.3 Å². The van der Waals surface area contributed by atoms with Gasteiger partial charge in [-0.3, -0.25) is 14.3 Å². The third-order valence-corrected chi connectivity index (χ3v) is 5.41. The van der Waals surface area contributed by atoms with Crippen LogP contribution in [0.1, 0.15) is 45.7 Å². The maximum atomic E-state index is 13.1. The summed E-state index contributed by atoms with van der Waals surface area (Å²) in [5.74, 6) is -1.77. The molecule has 1 aromatic carbocycles. The Kier molecular flexibility index (Phi) is 4.85. The van der Waals surface area contributed by atoms with Gasteiger partial charge in [0.25, 0.3) is 5.91 Å². The molecule has 2 aromatic rings. The van der Waals surface area contributed by atoms with Crippen molar-refractivity contribution >= 4 is 11.9 Å². The van der Waals surface area contributed by atoms with E-state index in [9.17, 15) is 14.7 Å². The van der Waals surface area contributed by atoms with Crippen LogP contribution in [0.2, 0.25) is 0 Å². The SMILES string of the molecule is CCn1nc(C)c(C(=O)N2C[C@H](C(=O)O)[C@@H](c3ccccc3C)C2)c1C. The van der Waals surface area contributed by atoms with Crippen LogP contribution in [0.5, 0.6) is 0 Å². The molecule has 1 aromatic heterocycles. The largest absolute Gasteiger partial charge is 0.481 e. The molecule has 1 saturated heterocycles. The average Bonchev–Trinajstić information content (AvgIpc) is 3.16. The summed E-state index contributed by atoms with van der Waals surface area (Å²) >= 11 is 0. The van der Waals surface area contributed by atoms with E-state index in [4.69, 9.17) is 0 Å². The molecule has 0 spiro atoms. The van der Waals surface area contributed by atoms with Gasteiger partial charge in [-0.25, -0.2) is 0 Å². The smallest absolute Gasteiger partial charge is 0.308 e. The fraction of sp³-hybridized carbons (Fsp3) is 0.450. The summed E-state index contributed by atoms with van der Waals surface area (Å²) in [6.07, 6.45) is 0. The van der Waals surface area contributed by atoms with Crippen molar-refractivity contribution in [3.05, 3.63) is 52.3 Å². The third kappa shape index (κ3) is 3.00. The van der Waals surface area contributed by atoms with E-state index >= 15 is 0 Å². The molecule has 0 radical (unpaired) electrons. The number of aryl methyl sites for hydroxylation is 3. The molecule has 138 valence electrons. The number of amides is 1. The number of rotatable bonds is 4. The lowest BCUT2D eigenvalue weighted by atomic mass is 9.86. The standard InChI is InChI=1S/C20H25N3O3/c1-5-23-14(4)18(13(3)21-23)19(24)22-10-16(17(11-22)20(25)26)15-9-7-6-8-12(15)2/h6-9,16-17H,5,10-11H2,1-4H3,(H,25,26)/t16-,17+/m1/s1. The number of aromatic nitrogens is 2. The van der Waals surface area contributed by atoms with Crippen LogP contribution in [0.4, 0.5) is 0 Å². The topological polar surface area (TPSA) is 75.4 Å². The molecule has 2 atom stereocenters. The van der Waals surface area contributed by atoms with Gasteiger partial charge in [0.2, 0.25) is 0 Å². The molecule has 0 aliphatic carbocycles. The fourth-order valence-electron chi connectivity index (χ4n) is 4.01. The van der Waals surface area contributed by atoms with E-state index in [1.807, 2.05) is 56.6 Å². The number of hydrogen-bond acceptors (Lipinski definition) is 3. The summed E-state index contributed by atoms with van der Waals surface area (Å²) in [6, 6.07) is 7.82. The van der Waals surface area contributed by atoms with Gasteiger partial charge in [-0.15, -0.1) is 0 Å². The second-order valence-corrected chi connectivity index (χ2v) is 6.98. The molecule has 6 heteroatoms. The quantitative estimate of drug-likeness (QED) is 0.915. The van der Waals surface area contributed by atoms with E-state index in [1.165, 1.54) is 0 Å². The van der Waals surface area contributed by atoms with Crippen LogP contribution in [0.3, 0.4) is 0 Å². The van der Waals surface area contributed by atoms with Crippen molar-refractivity contribution in [3.63, 3.8) is 0 Å². The zero-order valence-corrected chi connectivity index (χ0v) is 15.7. The highest BCUT2D eigenvalue weighted by Gasteiger charge is 2.42. The van der Waals surface area contributed by atoms with Crippen LogP contribution in [0, 0.1) is 26.7 Å². The maximum Gasteiger partial charge on any atom is 0.308 e. The summed E-state index contributed by atoms with van der Waals surface area (Å²) in [5.41, 5.74) is 4.19. The van der Waals surface area contributed by atoms with Gasteiger partial charge in [0.1, 0.15) is 0 Å². The Morgan fingerprint density at radius 2 is 1.88 bits per heavy atom. The number of carboxylic acids is 1. The Labute approximate surface area is 153 Å². The van der Waals surface area contributed by atoms with E-state index in [2.05, 4.69) is 5.10 Å². The highest BCUT2D eigenvalue weighted by molar-refractivity contribution is 5.97. The van der Waals surface area contributed by atoms with E-state index < -0.39 is 11.9 Å². The lowest BCUT2D eigenvalue weighted by Crippen LogP contribution is -2.30. The average molecular weight is 355 g/mol. The first-order chi connectivity index (χ1) is 12.3. The monoisotopic (exact) mass is 355 g/mol. The number of carbonyl (C=O) groups excluding carboxylic acids is 1. The molecule has 26 heavy (non-hydrogen) atoms. The molecule has 0 bridgehead atoms. The molecular weight excluding hydrogens is 330 g/mol. The highest BCUT2D eigenvalue weighted by atomic mass is 16.4. The molecule has 6 nitrogen and oxygen atoms in total. The highest BCUT2D eigenvalue weighted by Crippen LogP contribution is 2.35. The molecule has 1 fully saturated rings. The third-order valence-electron chi connectivity index (χ3n) is 5.41. The van der Waals surface area contributed by atoms with Crippen molar-refractivity contribution in [2.75, 3.05) is 13.1 Å². The zero-order chi connectivity index (χ0) is 19.0. The second-order valence-electron chi connectivity index (χ2n) is 6.98. The summed E-state index contributed by atoms with van der Waals surface area (Å²) in [6.45, 7) is 9.02. The molecule has 0 saturated carbocycles. The van der Waals surface area contributed by atoms with Gasteiger partial charge in [-0.2, -0.15) is 5.10 Å². The molecule has 1 N–H and O–H groups in total. The number of carbonyl (C=O) groups is 2. The number of aliphatic carboxylic acids is 1. The van der Waals surface area contributed by atoms with E-state index in [0.29, 0.717) is 24.3 Å². The van der Waals surface area contributed by atoms with E-state index in [1.54, 1.807) is 4.90 Å². The van der Waals surface area contributed by atoms with Crippen LogP contribution >= 0.6 is 0 Å². The molecule has 1 aliphatic heterocycles. The maximum absolute atomic E-state index is 13.1. The van der Waals surface area contributed by atoms with Gasteiger partial charge >= 0.3 is 5.97 Å². The van der Waals surface area contributed by atoms with Gasteiger partial charge in [0, 0.05) is 31.2 Å². The first-order valence-corrected chi connectivity index (χ1v) is 8.96. The van der Waals surface area contributed by atoms with Crippen LogP contribution < -0.4 is 0 Å². The van der Waals surface area contributed by atoms with Crippen molar-refractivity contribution < 1.29 is 14.7 Å². The van der Waals surface area contributed by atoms with Crippen LogP contribution in [-0.2, 0) is 11.3 Å². The summed E-state index contributed by atoms with van der Waals surface area (Å²) in [5, 5.41) is 14.1. The van der Waals surface area contributed by atoms with Crippen molar-refractivity contribution in [1.82, 2.24) is 14.7 Å². The second kappa shape index (κ2) is 6.94. The van der Waals surface area contributed by atoms with Gasteiger partial charge in [0.15, 0.2) is 0 Å². The van der Waals surface area contributed by atoms with Crippen molar-refractivity contribution in [2.24, 2.45) is 5.92 Å². The minimum absolute atomic E-state index is 0.123. The molecule has 1 amide bonds. The van der Waals surface area contributed by atoms with Crippen LogP contribution in [0.25, 0.3) is 0 Å². The van der Waals surface area contributed by atoms with Crippen LogP contribution in [-0.4, -0.2) is 44.8 Å². The van der Waals surface area contributed by atoms with Gasteiger partial charge in [-0.1, -0.05) is 24.3 Å². The summed E-state index contributed by atoms with van der Waals surface area (Å²) in [7, 11) is 0. The molecule has 1 aliphatic rings. The molecular formula is C20H25N3O3. The Balaban J connectivity index is 1.93. The molecule has 2 heterocycles. The zero-order valence-electron chi connectivity index (χ0n) is 15.7. The van der Waals surface area contributed by atoms with Crippen molar-refractivity contribution in [1.29, 1.82) is 0 Å². The Hall–Kier alpha value is -2.63. The lowest BCUT2D eigenvalue weighted by Gasteiger charge is -2.18. The first kappa shape index (κ1) is 18.2. The van der Waals surface area contributed by atoms with Crippen molar-refractivity contribution in [3.8, 4) is 0 Å². The summed E-state index contributed by atoms with van der Waals surface area (Å²) < 4.78 is 1.81. The van der Waals surface area contributed by atoms with Gasteiger partial charge in [-0.05, 0) is 38.8 Å². The summed E-state index contributed by atoms with van der Waals surface area (Å²) in [4.78, 5) is 26.6.